The summed E-state index contributed by atoms with van der Waals surface area (Å²) in [4.78, 5) is 0. The standard InChI is InChI=1S/C29H56/c1-4-6-8-10-12-13-14-15-16-17-18-19-20-21-22-24-26-28-29(3)27-25-23-11-9-7-5-2/h6,8,29H,1-2,4-5,7,9-28H2,3H3/b8-6+. The first-order valence-electron chi connectivity index (χ1n) is 13.5. The predicted octanol–water partition coefficient (Wildman–Crippen LogP) is 10.8. The van der Waals surface area contributed by atoms with Crippen molar-refractivity contribution in [2.45, 2.75) is 155 Å². The van der Waals surface area contributed by atoms with Gasteiger partial charge in [-0.25, -0.2) is 0 Å². The van der Waals surface area contributed by atoms with E-state index in [4.69, 9.17) is 0 Å². The summed E-state index contributed by atoms with van der Waals surface area (Å²) in [6.45, 7) is 10.2. The van der Waals surface area contributed by atoms with Crippen LogP contribution in [-0.4, -0.2) is 0 Å². The molecule has 0 heterocycles. The van der Waals surface area contributed by atoms with E-state index in [0.717, 1.165) is 18.8 Å². The Kier molecular flexibility index (Phi) is 25.5. The summed E-state index contributed by atoms with van der Waals surface area (Å²) in [5, 5.41) is 0. The Morgan fingerprint density at radius 1 is 0.483 bits per heavy atom. The minimum Gasteiger partial charge on any atom is -0.0885 e. The highest BCUT2D eigenvalue weighted by Crippen LogP contribution is 2.19. The van der Waals surface area contributed by atoms with Crippen LogP contribution in [0.3, 0.4) is 0 Å². The molecule has 0 spiro atoms. The highest BCUT2D eigenvalue weighted by molar-refractivity contribution is 4.81. The molecule has 0 amide bonds. The maximum Gasteiger partial charge on any atom is -0.0351 e. The van der Waals surface area contributed by atoms with Crippen molar-refractivity contribution in [1.82, 2.24) is 0 Å². The van der Waals surface area contributed by atoms with E-state index in [2.05, 4.69) is 32.9 Å². The second-order valence-corrected chi connectivity index (χ2v) is 9.45. The van der Waals surface area contributed by atoms with Gasteiger partial charge >= 0.3 is 0 Å². The first-order valence-corrected chi connectivity index (χ1v) is 13.5. The lowest BCUT2D eigenvalue weighted by atomic mass is 9.96. The van der Waals surface area contributed by atoms with Gasteiger partial charge in [0.1, 0.15) is 0 Å². The van der Waals surface area contributed by atoms with Crippen LogP contribution in [0.2, 0.25) is 0 Å². The van der Waals surface area contributed by atoms with Gasteiger partial charge in [-0.2, -0.15) is 0 Å². The molecule has 0 nitrogen and oxygen atoms in total. The second-order valence-electron chi connectivity index (χ2n) is 9.45. The Labute approximate surface area is 186 Å². The lowest BCUT2D eigenvalue weighted by Gasteiger charge is -2.11. The van der Waals surface area contributed by atoms with Gasteiger partial charge in [0.15, 0.2) is 0 Å². The first kappa shape index (κ1) is 28.7. The molecule has 0 bridgehead atoms. The summed E-state index contributed by atoms with van der Waals surface area (Å²) in [6.07, 6.45) is 36.7. The summed E-state index contributed by atoms with van der Waals surface area (Å²) in [6, 6.07) is 0. The van der Waals surface area contributed by atoms with Crippen molar-refractivity contribution in [3.05, 3.63) is 26.0 Å². The topological polar surface area (TPSA) is 0 Å². The zero-order chi connectivity index (χ0) is 21.3. The molecule has 172 valence electrons. The smallest absolute Gasteiger partial charge is 0.0351 e. The Hall–Kier alpha value is -0.260. The summed E-state index contributed by atoms with van der Waals surface area (Å²) < 4.78 is 0. The van der Waals surface area contributed by atoms with Crippen LogP contribution in [0, 0.1) is 19.8 Å². The van der Waals surface area contributed by atoms with E-state index < -0.39 is 0 Å². The molecule has 0 aromatic heterocycles. The maximum atomic E-state index is 3.92. The van der Waals surface area contributed by atoms with E-state index in [0.29, 0.717) is 0 Å². The normalized spacial score (nSPS) is 12.8. The number of allylic oxidation sites excluding steroid dienone is 2. The molecule has 0 rings (SSSR count). The first-order chi connectivity index (χ1) is 14.3. The third kappa shape index (κ3) is 25.7. The molecule has 0 aliphatic carbocycles. The van der Waals surface area contributed by atoms with Crippen molar-refractivity contribution in [3.63, 3.8) is 0 Å². The molecule has 0 aliphatic rings. The molecule has 0 N–H and O–H groups in total. The lowest BCUT2D eigenvalue weighted by molar-refractivity contribution is 0.431. The van der Waals surface area contributed by atoms with Crippen molar-refractivity contribution >= 4 is 0 Å². The van der Waals surface area contributed by atoms with Crippen LogP contribution in [-0.2, 0) is 0 Å². The number of hydrogen-bond acceptors (Lipinski definition) is 0. The van der Waals surface area contributed by atoms with Gasteiger partial charge in [0.2, 0.25) is 0 Å². The highest BCUT2D eigenvalue weighted by atomic mass is 14.1. The average molecular weight is 405 g/mol. The fraction of sp³-hybridized carbons (Fsp3) is 0.862. The van der Waals surface area contributed by atoms with Crippen LogP contribution in [0.5, 0.6) is 0 Å². The Balaban J connectivity index is 3.11. The summed E-state index contributed by atoms with van der Waals surface area (Å²) >= 11 is 0. The Morgan fingerprint density at radius 3 is 1.28 bits per heavy atom. The van der Waals surface area contributed by atoms with Crippen molar-refractivity contribution in [2.24, 2.45) is 5.92 Å². The van der Waals surface area contributed by atoms with Gasteiger partial charge in [0, 0.05) is 0 Å². The van der Waals surface area contributed by atoms with Gasteiger partial charge in [0.25, 0.3) is 0 Å². The zero-order valence-electron chi connectivity index (χ0n) is 20.4. The van der Waals surface area contributed by atoms with E-state index in [9.17, 15) is 0 Å². The molecule has 0 saturated carbocycles. The number of hydrogen-bond donors (Lipinski definition) is 0. The third-order valence-corrected chi connectivity index (χ3v) is 6.35. The molecule has 0 saturated heterocycles. The molecule has 2 radical (unpaired) electrons. The highest BCUT2D eigenvalue weighted by Gasteiger charge is 2.02. The quantitative estimate of drug-likeness (QED) is 0.111. The largest absolute Gasteiger partial charge is 0.0885 e. The molecule has 0 aliphatic heterocycles. The van der Waals surface area contributed by atoms with Crippen LogP contribution >= 0.6 is 0 Å². The molecule has 1 atom stereocenters. The second kappa shape index (κ2) is 25.8. The number of rotatable bonds is 24. The third-order valence-electron chi connectivity index (χ3n) is 6.35. The lowest BCUT2D eigenvalue weighted by Crippen LogP contribution is -1.95. The summed E-state index contributed by atoms with van der Waals surface area (Å²) in [7, 11) is 0. The van der Waals surface area contributed by atoms with Crippen molar-refractivity contribution in [2.75, 3.05) is 0 Å². The van der Waals surface area contributed by atoms with E-state index in [1.165, 1.54) is 135 Å². The monoisotopic (exact) mass is 404 g/mol. The van der Waals surface area contributed by atoms with Gasteiger partial charge in [0.05, 0.1) is 0 Å². The predicted molar refractivity (Wildman–Crippen MR) is 135 cm³/mol. The molecular weight excluding hydrogens is 348 g/mol. The molecule has 0 heteroatoms. The summed E-state index contributed by atoms with van der Waals surface area (Å²) in [5.41, 5.74) is 0. The minimum absolute atomic E-state index is 0.942. The zero-order valence-corrected chi connectivity index (χ0v) is 20.4. The fourth-order valence-electron chi connectivity index (χ4n) is 4.28. The van der Waals surface area contributed by atoms with Crippen LogP contribution in [0.25, 0.3) is 0 Å². The molecule has 1 unspecified atom stereocenters. The van der Waals surface area contributed by atoms with Crippen LogP contribution in [0.15, 0.2) is 12.2 Å². The molecular formula is C29H56. The van der Waals surface area contributed by atoms with Gasteiger partial charge in [-0.3, -0.25) is 0 Å². The average Bonchev–Trinajstić information content (AvgIpc) is 2.73. The van der Waals surface area contributed by atoms with Crippen molar-refractivity contribution < 1.29 is 0 Å². The maximum absolute atomic E-state index is 3.92. The van der Waals surface area contributed by atoms with Gasteiger partial charge < -0.3 is 0 Å². The van der Waals surface area contributed by atoms with Gasteiger partial charge in [-0.15, -0.1) is 0 Å². The van der Waals surface area contributed by atoms with E-state index in [-0.39, 0.29) is 0 Å². The Morgan fingerprint density at radius 2 is 0.862 bits per heavy atom. The van der Waals surface area contributed by atoms with E-state index in [1.54, 1.807) is 0 Å². The van der Waals surface area contributed by atoms with Gasteiger partial charge in [-0.05, 0) is 32.1 Å². The van der Waals surface area contributed by atoms with Crippen molar-refractivity contribution in [3.8, 4) is 0 Å². The van der Waals surface area contributed by atoms with E-state index >= 15 is 0 Å². The molecule has 29 heavy (non-hydrogen) atoms. The fourth-order valence-corrected chi connectivity index (χ4v) is 4.28. The molecule has 0 fully saturated rings. The Bertz CT molecular complexity index is 303. The summed E-state index contributed by atoms with van der Waals surface area (Å²) in [5.74, 6) is 0.952. The molecule has 0 aromatic carbocycles. The molecule has 0 aromatic rings. The van der Waals surface area contributed by atoms with Gasteiger partial charge in [-0.1, -0.05) is 154 Å². The SMILES string of the molecule is [CH2]C/C=C/CCCCCCCCCCCCCCCC(C)CCCCCCC[CH2]. The van der Waals surface area contributed by atoms with Crippen molar-refractivity contribution in [1.29, 1.82) is 0 Å². The number of unbranched alkanes of at least 4 members (excludes halogenated alkanes) is 18. The van der Waals surface area contributed by atoms with E-state index in [1.807, 2.05) is 0 Å². The van der Waals surface area contributed by atoms with Crippen LogP contribution in [0.1, 0.15) is 155 Å². The van der Waals surface area contributed by atoms with Crippen LogP contribution < -0.4 is 0 Å². The minimum atomic E-state index is 0.942. The van der Waals surface area contributed by atoms with Crippen LogP contribution in [0.4, 0.5) is 0 Å².